The van der Waals surface area contributed by atoms with Crippen molar-refractivity contribution >= 4 is 5.91 Å². The van der Waals surface area contributed by atoms with Crippen molar-refractivity contribution in [3.8, 4) is 6.07 Å². The Hall–Kier alpha value is -1.82. The summed E-state index contributed by atoms with van der Waals surface area (Å²) < 4.78 is 0. The molecule has 3 heteroatoms. The number of benzene rings is 1. The zero-order valence-corrected chi connectivity index (χ0v) is 9.89. The summed E-state index contributed by atoms with van der Waals surface area (Å²) in [5.74, 6) is 0.104. The molecule has 0 spiro atoms. The van der Waals surface area contributed by atoms with Gasteiger partial charge in [0.05, 0.1) is 12.0 Å². The van der Waals surface area contributed by atoms with Crippen LogP contribution in [-0.4, -0.2) is 11.9 Å². The van der Waals surface area contributed by atoms with Gasteiger partial charge in [-0.05, 0) is 31.2 Å². The average Bonchev–Trinajstić information content (AvgIpc) is 3.20. The zero-order valence-electron chi connectivity index (χ0n) is 9.89. The normalized spacial score (nSPS) is 17.9. The maximum Gasteiger partial charge on any atom is 0.228 e. The van der Waals surface area contributed by atoms with Crippen LogP contribution in [-0.2, 0) is 4.79 Å². The molecule has 1 saturated carbocycles. The van der Waals surface area contributed by atoms with Crippen molar-refractivity contribution in [2.24, 2.45) is 5.92 Å². The Morgan fingerprint density at radius 1 is 1.41 bits per heavy atom. The molecule has 1 fully saturated rings. The molecule has 2 atom stereocenters. The number of rotatable bonds is 4. The van der Waals surface area contributed by atoms with E-state index in [9.17, 15) is 4.79 Å². The smallest absolute Gasteiger partial charge is 0.228 e. The van der Waals surface area contributed by atoms with Gasteiger partial charge in [0.2, 0.25) is 5.91 Å². The first-order valence-corrected chi connectivity index (χ1v) is 5.97. The van der Waals surface area contributed by atoms with E-state index in [2.05, 4.69) is 11.4 Å². The lowest BCUT2D eigenvalue weighted by Gasteiger charge is -2.15. The molecule has 88 valence electrons. The molecule has 2 unspecified atom stereocenters. The van der Waals surface area contributed by atoms with Crippen molar-refractivity contribution in [3.05, 3.63) is 35.9 Å². The van der Waals surface area contributed by atoms with Gasteiger partial charge in [-0.25, -0.2) is 0 Å². The molecule has 0 heterocycles. The Labute approximate surface area is 101 Å². The molecule has 0 saturated heterocycles. The first-order valence-electron chi connectivity index (χ1n) is 5.97. The lowest BCUT2D eigenvalue weighted by molar-refractivity contribution is -0.122. The Bertz CT molecular complexity index is 431. The fourth-order valence-electron chi connectivity index (χ4n) is 1.86. The monoisotopic (exact) mass is 228 g/mol. The topological polar surface area (TPSA) is 52.9 Å². The minimum absolute atomic E-state index is 0.0605. The van der Waals surface area contributed by atoms with E-state index in [1.165, 1.54) is 0 Å². The van der Waals surface area contributed by atoms with Crippen LogP contribution in [0, 0.1) is 17.2 Å². The molecular weight excluding hydrogens is 212 g/mol. The lowest BCUT2D eigenvalue weighted by atomic mass is 10.00. The van der Waals surface area contributed by atoms with Crippen molar-refractivity contribution in [2.75, 3.05) is 0 Å². The number of nitrogens with one attached hydrogen (secondary N) is 1. The summed E-state index contributed by atoms with van der Waals surface area (Å²) in [5, 5.41) is 11.8. The van der Waals surface area contributed by atoms with Crippen molar-refractivity contribution in [1.82, 2.24) is 5.32 Å². The SMILES string of the molecule is CC(C(=O)NC(C#N)C1CC1)c1ccccc1. The van der Waals surface area contributed by atoms with Crippen molar-refractivity contribution in [3.63, 3.8) is 0 Å². The van der Waals surface area contributed by atoms with E-state index in [4.69, 9.17) is 5.26 Å². The van der Waals surface area contributed by atoms with E-state index in [1.807, 2.05) is 37.3 Å². The summed E-state index contributed by atoms with van der Waals surface area (Å²) in [6.07, 6.45) is 2.11. The first-order chi connectivity index (χ1) is 8.22. The summed E-state index contributed by atoms with van der Waals surface area (Å²) in [5.41, 5.74) is 0.984. The van der Waals surface area contributed by atoms with Crippen LogP contribution in [0.4, 0.5) is 0 Å². The largest absolute Gasteiger partial charge is 0.340 e. The maximum atomic E-state index is 12.0. The number of amides is 1. The fraction of sp³-hybridized carbons (Fsp3) is 0.429. The van der Waals surface area contributed by atoms with Gasteiger partial charge in [-0.1, -0.05) is 30.3 Å². The van der Waals surface area contributed by atoms with Gasteiger partial charge in [0.15, 0.2) is 0 Å². The predicted octanol–water partition coefficient (Wildman–Crippen LogP) is 2.21. The van der Waals surface area contributed by atoms with Crippen LogP contribution in [0.5, 0.6) is 0 Å². The molecule has 0 aliphatic heterocycles. The van der Waals surface area contributed by atoms with E-state index < -0.39 is 0 Å². The van der Waals surface area contributed by atoms with Crippen LogP contribution in [0.25, 0.3) is 0 Å². The van der Waals surface area contributed by atoms with Crippen LogP contribution in [0.15, 0.2) is 30.3 Å². The Morgan fingerprint density at radius 2 is 2.06 bits per heavy atom. The van der Waals surface area contributed by atoms with Crippen molar-refractivity contribution in [2.45, 2.75) is 31.7 Å². The summed E-state index contributed by atoms with van der Waals surface area (Å²) in [4.78, 5) is 12.0. The van der Waals surface area contributed by atoms with Gasteiger partial charge in [-0.2, -0.15) is 5.26 Å². The number of hydrogen-bond donors (Lipinski definition) is 1. The molecule has 0 radical (unpaired) electrons. The van der Waals surface area contributed by atoms with E-state index >= 15 is 0 Å². The number of nitrogens with zero attached hydrogens (tertiary/aromatic N) is 1. The van der Waals surface area contributed by atoms with Crippen LogP contribution in [0.1, 0.15) is 31.2 Å². The number of nitriles is 1. The highest BCUT2D eigenvalue weighted by Gasteiger charge is 2.33. The second-order valence-corrected chi connectivity index (χ2v) is 4.59. The second-order valence-electron chi connectivity index (χ2n) is 4.59. The highest BCUT2D eigenvalue weighted by molar-refractivity contribution is 5.83. The standard InChI is InChI=1S/C14H16N2O/c1-10(11-5-3-2-4-6-11)14(17)16-13(9-15)12-7-8-12/h2-6,10,12-13H,7-8H2,1H3,(H,16,17). The van der Waals surface area contributed by atoms with Gasteiger partial charge in [-0.15, -0.1) is 0 Å². The molecule has 3 nitrogen and oxygen atoms in total. The molecule has 0 aromatic heterocycles. The quantitative estimate of drug-likeness (QED) is 0.859. The molecule has 1 aliphatic rings. The summed E-state index contributed by atoms with van der Waals surface area (Å²) in [6, 6.07) is 11.5. The average molecular weight is 228 g/mol. The van der Waals surface area contributed by atoms with Crippen molar-refractivity contribution in [1.29, 1.82) is 5.26 Å². The predicted molar refractivity (Wildman–Crippen MR) is 65.1 cm³/mol. The molecular formula is C14H16N2O. The van der Waals surface area contributed by atoms with Gasteiger partial charge < -0.3 is 5.32 Å². The van der Waals surface area contributed by atoms with Gasteiger partial charge >= 0.3 is 0 Å². The van der Waals surface area contributed by atoms with Gasteiger partial charge in [0.25, 0.3) is 0 Å². The van der Waals surface area contributed by atoms with Crippen LogP contribution in [0.2, 0.25) is 0 Å². The van der Waals surface area contributed by atoms with Crippen LogP contribution >= 0.6 is 0 Å². The molecule has 1 amide bonds. The summed E-state index contributed by atoms with van der Waals surface area (Å²) in [6.45, 7) is 1.87. The van der Waals surface area contributed by atoms with E-state index in [1.54, 1.807) is 0 Å². The highest BCUT2D eigenvalue weighted by Crippen LogP contribution is 2.32. The number of carbonyl (C=O) groups is 1. The number of hydrogen-bond acceptors (Lipinski definition) is 2. The van der Waals surface area contributed by atoms with Gasteiger partial charge in [0.1, 0.15) is 6.04 Å². The molecule has 1 aliphatic carbocycles. The molecule has 0 bridgehead atoms. The van der Waals surface area contributed by atoms with E-state index in [0.717, 1.165) is 18.4 Å². The summed E-state index contributed by atoms with van der Waals surface area (Å²) >= 11 is 0. The Kier molecular flexibility index (Phi) is 3.43. The number of carbonyl (C=O) groups excluding carboxylic acids is 1. The third-order valence-corrected chi connectivity index (χ3v) is 3.22. The summed E-state index contributed by atoms with van der Waals surface area (Å²) in [7, 11) is 0. The molecule has 1 aromatic carbocycles. The maximum absolute atomic E-state index is 12.0. The van der Waals surface area contributed by atoms with Crippen molar-refractivity contribution < 1.29 is 4.79 Å². The Balaban J connectivity index is 1.98. The molecule has 1 N–H and O–H groups in total. The van der Waals surface area contributed by atoms with Crippen LogP contribution in [0.3, 0.4) is 0 Å². The Morgan fingerprint density at radius 3 is 2.59 bits per heavy atom. The molecule has 2 rings (SSSR count). The van der Waals surface area contributed by atoms with Gasteiger partial charge in [0, 0.05) is 0 Å². The lowest BCUT2D eigenvalue weighted by Crippen LogP contribution is -2.37. The van der Waals surface area contributed by atoms with E-state index in [0.29, 0.717) is 5.92 Å². The molecule has 1 aromatic rings. The third-order valence-electron chi connectivity index (χ3n) is 3.22. The minimum Gasteiger partial charge on any atom is -0.340 e. The first kappa shape index (κ1) is 11.7. The highest BCUT2D eigenvalue weighted by atomic mass is 16.1. The van der Waals surface area contributed by atoms with E-state index in [-0.39, 0.29) is 17.9 Å². The fourth-order valence-corrected chi connectivity index (χ4v) is 1.86. The second kappa shape index (κ2) is 5.01. The molecule has 17 heavy (non-hydrogen) atoms. The van der Waals surface area contributed by atoms with Gasteiger partial charge in [-0.3, -0.25) is 4.79 Å². The van der Waals surface area contributed by atoms with Crippen LogP contribution < -0.4 is 5.32 Å². The minimum atomic E-state index is -0.311. The zero-order chi connectivity index (χ0) is 12.3. The third kappa shape index (κ3) is 2.85.